The Labute approximate surface area is 108 Å². The van der Waals surface area contributed by atoms with Crippen molar-refractivity contribution in [2.24, 2.45) is 0 Å². The van der Waals surface area contributed by atoms with E-state index in [2.05, 4.69) is 66.2 Å². The van der Waals surface area contributed by atoms with Gasteiger partial charge in [0.15, 0.2) is 0 Å². The van der Waals surface area contributed by atoms with E-state index < -0.39 is 0 Å². The molecular formula is C15H21Br. The maximum Gasteiger partial charge on any atom is 0.0178 e. The number of allylic oxidation sites excluding steroid dienone is 2. The highest BCUT2D eigenvalue weighted by Gasteiger charge is 2.08. The third-order valence-corrected chi connectivity index (χ3v) is 3.27. The first kappa shape index (κ1) is 13.5. The van der Waals surface area contributed by atoms with Gasteiger partial charge in [0.2, 0.25) is 0 Å². The highest BCUT2D eigenvalue weighted by Crippen LogP contribution is 2.27. The first-order valence-electron chi connectivity index (χ1n) is 6.18. The molecule has 0 radical (unpaired) electrons. The van der Waals surface area contributed by atoms with Gasteiger partial charge in [-0.25, -0.2) is 0 Å². The predicted octanol–water partition coefficient (Wildman–Crippen LogP) is 5.69. The largest absolute Gasteiger partial charge is 0.0888 e. The van der Waals surface area contributed by atoms with E-state index in [0.29, 0.717) is 5.92 Å². The van der Waals surface area contributed by atoms with Crippen molar-refractivity contribution < 1.29 is 0 Å². The zero-order chi connectivity index (χ0) is 11.8. The van der Waals surface area contributed by atoms with Crippen LogP contribution in [-0.4, -0.2) is 0 Å². The Morgan fingerprint density at radius 1 is 1.25 bits per heavy atom. The van der Waals surface area contributed by atoms with Crippen molar-refractivity contribution in [2.45, 2.75) is 45.4 Å². The zero-order valence-corrected chi connectivity index (χ0v) is 11.8. The van der Waals surface area contributed by atoms with Gasteiger partial charge in [0.05, 0.1) is 0 Å². The van der Waals surface area contributed by atoms with Crippen molar-refractivity contribution in [1.29, 1.82) is 0 Å². The van der Waals surface area contributed by atoms with E-state index in [-0.39, 0.29) is 0 Å². The minimum Gasteiger partial charge on any atom is -0.0888 e. The van der Waals surface area contributed by atoms with Gasteiger partial charge in [0.1, 0.15) is 0 Å². The monoisotopic (exact) mass is 280 g/mol. The third-order valence-electron chi connectivity index (χ3n) is 2.78. The number of benzene rings is 1. The van der Waals surface area contributed by atoms with E-state index in [1.54, 1.807) is 0 Å². The highest BCUT2D eigenvalue weighted by molar-refractivity contribution is 9.10. The summed E-state index contributed by atoms with van der Waals surface area (Å²) in [6.45, 7) is 4.44. The molecule has 1 aromatic carbocycles. The fraction of sp³-hybridized carbons (Fsp3) is 0.467. The summed E-state index contributed by atoms with van der Waals surface area (Å²) >= 11 is 3.55. The second-order valence-corrected chi connectivity index (χ2v) is 5.07. The van der Waals surface area contributed by atoms with Crippen molar-refractivity contribution in [3.05, 3.63) is 46.5 Å². The predicted molar refractivity (Wildman–Crippen MR) is 75.8 cm³/mol. The van der Waals surface area contributed by atoms with E-state index >= 15 is 0 Å². The lowest BCUT2D eigenvalue weighted by Crippen LogP contribution is -1.97. The second kappa shape index (κ2) is 7.67. The second-order valence-electron chi connectivity index (χ2n) is 4.16. The van der Waals surface area contributed by atoms with Crippen LogP contribution in [0.5, 0.6) is 0 Å². The molecule has 1 heteroatoms. The first-order valence-corrected chi connectivity index (χ1v) is 6.97. The summed E-state index contributed by atoms with van der Waals surface area (Å²) in [5, 5.41) is 0. The molecule has 0 fully saturated rings. The molecule has 0 amide bonds. The van der Waals surface area contributed by atoms with Gasteiger partial charge in [-0.1, -0.05) is 60.5 Å². The van der Waals surface area contributed by atoms with Gasteiger partial charge < -0.3 is 0 Å². The van der Waals surface area contributed by atoms with Crippen LogP contribution in [-0.2, 0) is 0 Å². The summed E-state index contributed by atoms with van der Waals surface area (Å²) in [6, 6.07) is 8.71. The van der Waals surface area contributed by atoms with Crippen molar-refractivity contribution in [1.82, 2.24) is 0 Å². The average molecular weight is 281 g/mol. The van der Waals surface area contributed by atoms with Crippen LogP contribution in [0.25, 0.3) is 0 Å². The zero-order valence-electron chi connectivity index (χ0n) is 10.2. The topological polar surface area (TPSA) is 0 Å². The fourth-order valence-electron chi connectivity index (χ4n) is 1.96. The summed E-state index contributed by atoms with van der Waals surface area (Å²) in [5.74, 6) is 0.672. The standard InChI is InChI=1S/C15H21Br/c1-3-5-6-9-13(8-4-2)14-10-7-11-15(16)12-14/h5-7,10-13H,3-4,8-9H2,1-2H3/b6-5-. The molecule has 0 bridgehead atoms. The van der Waals surface area contributed by atoms with Crippen molar-refractivity contribution in [3.8, 4) is 0 Å². The molecule has 0 aliphatic heterocycles. The minimum atomic E-state index is 0.672. The highest BCUT2D eigenvalue weighted by atomic mass is 79.9. The van der Waals surface area contributed by atoms with Crippen LogP contribution in [0.3, 0.4) is 0 Å². The molecule has 0 saturated heterocycles. The van der Waals surface area contributed by atoms with Crippen molar-refractivity contribution >= 4 is 15.9 Å². The SMILES string of the molecule is CC/C=C\CC(CCC)c1cccc(Br)c1. The average Bonchev–Trinajstić information content (AvgIpc) is 2.28. The number of hydrogen-bond acceptors (Lipinski definition) is 0. The molecule has 1 aromatic rings. The molecule has 0 nitrogen and oxygen atoms in total. The quantitative estimate of drug-likeness (QED) is 0.588. The summed E-state index contributed by atoms with van der Waals surface area (Å²) in [6.07, 6.45) is 9.40. The maximum atomic E-state index is 3.55. The normalized spacial score (nSPS) is 13.2. The van der Waals surface area contributed by atoms with Gasteiger partial charge in [-0.2, -0.15) is 0 Å². The van der Waals surface area contributed by atoms with E-state index in [9.17, 15) is 0 Å². The van der Waals surface area contributed by atoms with Crippen molar-refractivity contribution in [3.63, 3.8) is 0 Å². The third kappa shape index (κ3) is 4.52. The molecule has 0 saturated carbocycles. The number of rotatable bonds is 6. The van der Waals surface area contributed by atoms with Crippen LogP contribution in [0, 0.1) is 0 Å². The smallest absolute Gasteiger partial charge is 0.0178 e. The Morgan fingerprint density at radius 3 is 2.69 bits per heavy atom. The van der Waals surface area contributed by atoms with E-state index in [1.807, 2.05) is 0 Å². The molecular weight excluding hydrogens is 260 g/mol. The summed E-state index contributed by atoms with van der Waals surface area (Å²) in [5.41, 5.74) is 1.46. The lowest BCUT2D eigenvalue weighted by atomic mass is 9.91. The Morgan fingerprint density at radius 2 is 2.06 bits per heavy atom. The van der Waals surface area contributed by atoms with Crippen LogP contribution in [0.2, 0.25) is 0 Å². The van der Waals surface area contributed by atoms with E-state index in [4.69, 9.17) is 0 Å². The van der Waals surface area contributed by atoms with Gasteiger partial charge >= 0.3 is 0 Å². The molecule has 0 aromatic heterocycles. The van der Waals surface area contributed by atoms with Gasteiger partial charge in [0.25, 0.3) is 0 Å². The lowest BCUT2D eigenvalue weighted by molar-refractivity contribution is 0.620. The van der Waals surface area contributed by atoms with Gasteiger partial charge in [0, 0.05) is 4.47 Å². The fourth-order valence-corrected chi connectivity index (χ4v) is 2.37. The van der Waals surface area contributed by atoms with Gasteiger partial charge in [-0.05, 0) is 42.9 Å². The summed E-state index contributed by atoms with van der Waals surface area (Å²) in [7, 11) is 0. The van der Waals surface area contributed by atoms with Crippen LogP contribution in [0.15, 0.2) is 40.9 Å². The van der Waals surface area contributed by atoms with E-state index in [0.717, 1.165) is 12.8 Å². The molecule has 88 valence electrons. The van der Waals surface area contributed by atoms with Crippen LogP contribution in [0.4, 0.5) is 0 Å². The molecule has 1 atom stereocenters. The van der Waals surface area contributed by atoms with Gasteiger partial charge in [-0.3, -0.25) is 0 Å². The maximum absolute atomic E-state index is 3.55. The molecule has 16 heavy (non-hydrogen) atoms. The Balaban J connectivity index is 2.72. The summed E-state index contributed by atoms with van der Waals surface area (Å²) < 4.78 is 1.19. The molecule has 0 aliphatic rings. The van der Waals surface area contributed by atoms with Crippen molar-refractivity contribution in [2.75, 3.05) is 0 Å². The Hall–Kier alpha value is -0.560. The first-order chi connectivity index (χ1) is 7.77. The molecule has 1 rings (SSSR count). The molecule has 0 heterocycles. The minimum absolute atomic E-state index is 0.672. The van der Waals surface area contributed by atoms with E-state index in [1.165, 1.54) is 22.9 Å². The van der Waals surface area contributed by atoms with Crippen LogP contribution in [0.1, 0.15) is 51.0 Å². The van der Waals surface area contributed by atoms with Crippen LogP contribution >= 0.6 is 15.9 Å². The van der Waals surface area contributed by atoms with Gasteiger partial charge in [-0.15, -0.1) is 0 Å². The van der Waals surface area contributed by atoms with Crippen LogP contribution < -0.4 is 0 Å². The number of hydrogen-bond donors (Lipinski definition) is 0. The molecule has 1 unspecified atom stereocenters. The summed E-state index contributed by atoms with van der Waals surface area (Å²) in [4.78, 5) is 0. The number of halogens is 1. The lowest BCUT2D eigenvalue weighted by Gasteiger charge is -2.14. The molecule has 0 spiro atoms. The Bertz CT molecular complexity index is 328. The Kier molecular flexibility index (Phi) is 6.47. The molecule has 0 N–H and O–H groups in total. The molecule has 0 aliphatic carbocycles.